The highest BCUT2D eigenvalue weighted by Crippen LogP contribution is 2.21. The summed E-state index contributed by atoms with van der Waals surface area (Å²) in [7, 11) is 3.69. The molecule has 0 fully saturated rings. The monoisotopic (exact) mass is 373 g/mol. The molecule has 7 heteroatoms. The number of carbonyl (C=O) groups excluding carboxylic acids is 1. The maximum Gasteiger partial charge on any atom is 0.222 e. The van der Waals surface area contributed by atoms with Crippen molar-refractivity contribution < 1.29 is 9.21 Å². The number of oxazole rings is 1. The zero-order valence-electron chi connectivity index (χ0n) is 14.2. The number of aromatic nitrogens is 1. The van der Waals surface area contributed by atoms with Crippen molar-refractivity contribution >= 4 is 30.7 Å². The Labute approximate surface area is 155 Å². The number of halogens is 2. The van der Waals surface area contributed by atoms with Crippen molar-refractivity contribution in [3.63, 3.8) is 0 Å². The second kappa shape index (κ2) is 11.1. The molecule has 24 heavy (non-hydrogen) atoms. The van der Waals surface area contributed by atoms with Gasteiger partial charge in [-0.1, -0.05) is 29.8 Å². The van der Waals surface area contributed by atoms with Crippen LogP contribution in [-0.4, -0.2) is 43.0 Å². The SMILES string of the molecule is CNCCN(C)C(=O)CCc1ncc(-c2ccc(C)cc2)o1.Cl.Cl. The highest BCUT2D eigenvalue weighted by atomic mass is 35.5. The number of hydrogen-bond acceptors (Lipinski definition) is 4. The van der Waals surface area contributed by atoms with Gasteiger partial charge < -0.3 is 14.6 Å². The standard InChI is InChI=1S/C17H23N3O2.2ClH/c1-13-4-6-14(7-5-13)15-12-19-16(22-15)8-9-17(21)20(3)11-10-18-2;;/h4-7,12,18H,8-11H2,1-3H3;2*1H. The normalized spacial score (nSPS) is 9.79. The first-order chi connectivity index (χ1) is 10.6. The van der Waals surface area contributed by atoms with Crippen LogP contribution in [0.4, 0.5) is 0 Å². The second-order valence-electron chi connectivity index (χ2n) is 5.40. The van der Waals surface area contributed by atoms with Crippen LogP contribution in [-0.2, 0) is 11.2 Å². The molecule has 0 saturated heterocycles. The van der Waals surface area contributed by atoms with Crippen molar-refractivity contribution in [3.05, 3.63) is 41.9 Å². The number of nitrogens with one attached hydrogen (secondary N) is 1. The molecule has 1 heterocycles. The highest BCUT2D eigenvalue weighted by Gasteiger charge is 2.11. The Balaban J connectivity index is 0.00000264. The molecule has 0 aliphatic heterocycles. The van der Waals surface area contributed by atoms with E-state index in [2.05, 4.69) is 10.3 Å². The van der Waals surface area contributed by atoms with E-state index in [1.807, 2.05) is 45.3 Å². The fraction of sp³-hybridized carbons (Fsp3) is 0.412. The van der Waals surface area contributed by atoms with Crippen LogP contribution < -0.4 is 5.32 Å². The lowest BCUT2D eigenvalue weighted by molar-refractivity contribution is -0.129. The third-order valence-corrected chi connectivity index (χ3v) is 3.57. The Hall–Kier alpha value is -1.56. The number of rotatable bonds is 7. The van der Waals surface area contributed by atoms with Crippen LogP contribution in [0, 0.1) is 6.92 Å². The fourth-order valence-corrected chi connectivity index (χ4v) is 2.09. The number of carbonyl (C=O) groups is 1. The summed E-state index contributed by atoms with van der Waals surface area (Å²) in [4.78, 5) is 17.9. The van der Waals surface area contributed by atoms with Crippen LogP contribution in [0.25, 0.3) is 11.3 Å². The van der Waals surface area contributed by atoms with Gasteiger partial charge in [0.05, 0.1) is 6.20 Å². The van der Waals surface area contributed by atoms with Gasteiger partial charge in [-0.25, -0.2) is 4.98 Å². The molecule has 1 aromatic heterocycles. The topological polar surface area (TPSA) is 58.4 Å². The first kappa shape index (κ1) is 22.4. The molecule has 2 rings (SSSR count). The second-order valence-corrected chi connectivity index (χ2v) is 5.40. The predicted octanol–water partition coefficient (Wildman–Crippen LogP) is 3.10. The van der Waals surface area contributed by atoms with Crippen LogP contribution >= 0.6 is 24.8 Å². The van der Waals surface area contributed by atoms with E-state index in [1.54, 1.807) is 11.1 Å². The van der Waals surface area contributed by atoms with E-state index >= 15 is 0 Å². The van der Waals surface area contributed by atoms with Gasteiger partial charge in [-0.2, -0.15) is 0 Å². The quantitative estimate of drug-likeness (QED) is 0.809. The minimum atomic E-state index is 0. The Bertz CT molecular complexity index is 615. The van der Waals surface area contributed by atoms with E-state index < -0.39 is 0 Å². The average molecular weight is 374 g/mol. The van der Waals surface area contributed by atoms with E-state index in [-0.39, 0.29) is 30.7 Å². The summed E-state index contributed by atoms with van der Waals surface area (Å²) in [5.41, 5.74) is 2.21. The van der Waals surface area contributed by atoms with Gasteiger partial charge in [0.2, 0.25) is 5.91 Å². The number of benzene rings is 1. The number of aryl methyl sites for hydroxylation is 2. The van der Waals surface area contributed by atoms with E-state index in [0.717, 1.165) is 17.9 Å². The molecule has 0 unspecified atom stereocenters. The first-order valence-corrected chi connectivity index (χ1v) is 7.50. The molecular formula is C17H25Cl2N3O2. The molecule has 0 aliphatic carbocycles. The van der Waals surface area contributed by atoms with E-state index in [4.69, 9.17) is 4.42 Å². The summed E-state index contributed by atoms with van der Waals surface area (Å²) in [6, 6.07) is 8.10. The molecular weight excluding hydrogens is 349 g/mol. The van der Waals surface area contributed by atoms with Crippen LogP contribution in [0.5, 0.6) is 0 Å². The number of likely N-dealkylation sites (N-methyl/N-ethyl adjacent to an activating group) is 2. The van der Waals surface area contributed by atoms with Gasteiger partial charge in [0.25, 0.3) is 0 Å². The van der Waals surface area contributed by atoms with Crippen molar-refractivity contribution in [1.29, 1.82) is 0 Å². The number of nitrogens with zero attached hydrogens (tertiary/aromatic N) is 2. The van der Waals surface area contributed by atoms with Crippen LogP contribution in [0.15, 0.2) is 34.9 Å². The highest BCUT2D eigenvalue weighted by molar-refractivity contribution is 5.85. The van der Waals surface area contributed by atoms with Crippen LogP contribution in [0.1, 0.15) is 17.9 Å². The maximum absolute atomic E-state index is 12.0. The smallest absolute Gasteiger partial charge is 0.222 e. The summed E-state index contributed by atoms with van der Waals surface area (Å²) >= 11 is 0. The maximum atomic E-state index is 12.0. The molecule has 1 N–H and O–H groups in total. The average Bonchev–Trinajstić information content (AvgIpc) is 2.99. The third-order valence-electron chi connectivity index (χ3n) is 3.57. The molecule has 0 bridgehead atoms. The van der Waals surface area contributed by atoms with E-state index in [9.17, 15) is 4.79 Å². The molecule has 0 atom stereocenters. The summed E-state index contributed by atoms with van der Waals surface area (Å²) in [6.45, 7) is 3.54. The minimum absolute atomic E-state index is 0. The molecule has 0 aliphatic rings. The van der Waals surface area contributed by atoms with Gasteiger partial charge in [0.15, 0.2) is 11.7 Å². The zero-order chi connectivity index (χ0) is 15.9. The third kappa shape index (κ3) is 6.51. The van der Waals surface area contributed by atoms with Gasteiger partial charge in [-0.15, -0.1) is 24.8 Å². The molecule has 0 spiro atoms. The van der Waals surface area contributed by atoms with Crippen LogP contribution in [0.2, 0.25) is 0 Å². The van der Waals surface area contributed by atoms with Crippen molar-refractivity contribution in [2.75, 3.05) is 27.2 Å². The Morgan fingerprint density at radius 3 is 2.54 bits per heavy atom. The molecule has 0 radical (unpaired) electrons. The lowest BCUT2D eigenvalue weighted by Gasteiger charge is -2.16. The van der Waals surface area contributed by atoms with Gasteiger partial charge in [-0.3, -0.25) is 4.79 Å². The summed E-state index contributed by atoms with van der Waals surface area (Å²) in [5.74, 6) is 1.45. The molecule has 2 aromatic rings. The summed E-state index contributed by atoms with van der Waals surface area (Å²) in [5, 5.41) is 3.03. The van der Waals surface area contributed by atoms with E-state index in [0.29, 0.717) is 25.3 Å². The Kier molecular flexibility index (Phi) is 10.4. The van der Waals surface area contributed by atoms with Gasteiger partial charge in [0.1, 0.15) is 0 Å². The van der Waals surface area contributed by atoms with Crippen LogP contribution in [0.3, 0.4) is 0 Å². The molecule has 0 saturated carbocycles. The van der Waals surface area contributed by atoms with Crippen molar-refractivity contribution in [2.45, 2.75) is 19.8 Å². The van der Waals surface area contributed by atoms with Crippen molar-refractivity contribution in [3.8, 4) is 11.3 Å². The van der Waals surface area contributed by atoms with E-state index in [1.165, 1.54) is 5.56 Å². The lowest BCUT2D eigenvalue weighted by Crippen LogP contribution is -2.32. The largest absolute Gasteiger partial charge is 0.441 e. The van der Waals surface area contributed by atoms with Gasteiger partial charge >= 0.3 is 0 Å². The summed E-state index contributed by atoms with van der Waals surface area (Å²) in [6.07, 6.45) is 2.65. The molecule has 1 amide bonds. The Morgan fingerprint density at radius 1 is 1.25 bits per heavy atom. The lowest BCUT2D eigenvalue weighted by atomic mass is 10.1. The van der Waals surface area contributed by atoms with Crippen molar-refractivity contribution in [2.24, 2.45) is 0 Å². The zero-order valence-corrected chi connectivity index (χ0v) is 15.9. The molecule has 1 aromatic carbocycles. The minimum Gasteiger partial charge on any atom is -0.441 e. The summed E-state index contributed by atoms with van der Waals surface area (Å²) < 4.78 is 5.73. The van der Waals surface area contributed by atoms with Gasteiger partial charge in [0, 0.05) is 38.5 Å². The predicted molar refractivity (Wildman–Crippen MR) is 101 cm³/mol. The fourth-order valence-electron chi connectivity index (χ4n) is 2.09. The first-order valence-electron chi connectivity index (χ1n) is 7.50. The molecule has 134 valence electrons. The Morgan fingerprint density at radius 2 is 1.92 bits per heavy atom. The molecule has 5 nitrogen and oxygen atoms in total. The van der Waals surface area contributed by atoms with Crippen molar-refractivity contribution in [1.82, 2.24) is 15.2 Å². The number of amides is 1. The number of hydrogen-bond donors (Lipinski definition) is 1. The van der Waals surface area contributed by atoms with Gasteiger partial charge in [-0.05, 0) is 14.0 Å².